The number of aromatic nitrogens is 2. The molecule has 0 unspecified atom stereocenters. The largest absolute Gasteiger partial charge is 0.356 e. The maximum Gasteiger partial charge on any atom is 0.205 e. The summed E-state index contributed by atoms with van der Waals surface area (Å²) in [6.07, 6.45) is 0.976. The molecular formula is C13H15BrClN3S. The van der Waals surface area contributed by atoms with Crippen molar-refractivity contribution < 1.29 is 0 Å². The summed E-state index contributed by atoms with van der Waals surface area (Å²) in [5.74, 6) is 0.603. The van der Waals surface area contributed by atoms with Gasteiger partial charge >= 0.3 is 0 Å². The van der Waals surface area contributed by atoms with Crippen LogP contribution in [0, 0.1) is 5.92 Å². The predicted octanol–water partition coefficient (Wildman–Crippen LogP) is 4.76. The third-order valence-corrected chi connectivity index (χ3v) is 4.37. The molecule has 2 rings (SSSR count). The van der Waals surface area contributed by atoms with Gasteiger partial charge in [0.1, 0.15) is 5.01 Å². The molecule has 3 nitrogen and oxygen atoms in total. The van der Waals surface area contributed by atoms with Crippen LogP contribution in [0.4, 0.5) is 5.13 Å². The van der Waals surface area contributed by atoms with Gasteiger partial charge in [-0.2, -0.15) is 0 Å². The van der Waals surface area contributed by atoms with E-state index in [1.165, 1.54) is 0 Å². The van der Waals surface area contributed by atoms with Crippen molar-refractivity contribution in [2.24, 2.45) is 5.92 Å². The summed E-state index contributed by atoms with van der Waals surface area (Å²) in [5, 5.41) is 14.3. The molecule has 0 fully saturated rings. The molecule has 19 heavy (non-hydrogen) atoms. The molecule has 0 atom stereocenters. The first-order chi connectivity index (χ1) is 9.04. The fourth-order valence-electron chi connectivity index (χ4n) is 1.59. The first-order valence-electron chi connectivity index (χ1n) is 6.05. The van der Waals surface area contributed by atoms with E-state index in [0.29, 0.717) is 12.5 Å². The molecule has 0 saturated heterocycles. The molecule has 1 heterocycles. The highest BCUT2D eigenvalue weighted by Gasteiger charge is 2.07. The molecule has 0 aliphatic carbocycles. The summed E-state index contributed by atoms with van der Waals surface area (Å²) in [5.41, 5.74) is 1.14. The molecule has 0 aliphatic heterocycles. The first kappa shape index (κ1) is 14.8. The highest BCUT2D eigenvalue weighted by atomic mass is 79.9. The molecular weight excluding hydrogens is 346 g/mol. The van der Waals surface area contributed by atoms with Gasteiger partial charge in [0.2, 0.25) is 5.13 Å². The van der Waals surface area contributed by atoms with Crippen molar-refractivity contribution >= 4 is 44.0 Å². The van der Waals surface area contributed by atoms with Crippen LogP contribution in [-0.2, 0) is 13.0 Å². The van der Waals surface area contributed by atoms with Gasteiger partial charge in [-0.1, -0.05) is 58.8 Å². The van der Waals surface area contributed by atoms with E-state index in [1.807, 2.05) is 18.2 Å². The Hall–Kier alpha value is -0.650. The zero-order chi connectivity index (χ0) is 13.8. The van der Waals surface area contributed by atoms with Crippen LogP contribution in [0.3, 0.4) is 0 Å². The number of benzene rings is 1. The zero-order valence-corrected chi connectivity index (χ0v) is 13.9. The molecule has 0 bridgehead atoms. The van der Waals surface area contributed by atoms with Crippen LogP contribution in [-0.4, -0.2) is 10.2 Å². The Kier molecular flexibility index (Phi) is 5.19. The quantitative estimate of drug-likeness (QED) is 0.835. The second kappa shape index (κ2) is 6.68. The number of nitrogens with one attached hydrogen (secondary N) is 1. The minimum atomic E-state index is 0.603. The monoisotopic (exact) mass is 359 g/mol. The van der Waals surface area contributed by atoms with Crippen LogP contribution in [0.25, 0.3) is 0 Å². The SMILES string of the molecule is CC(C)Cc1nnc(NCc2ccc(Cl)cc2Br)s1. The van der Waals surface area contributed by atoms with Crippen molar-refractivity contribution in [3.63, 3.8) is 0 Å². The molecule has 6 heteroatoms. The van der Waals surface area contributed by atoms with E-state index in [4.69, 9.17) is 11.6 Å². The Balaban J connectivity index is 1.96. The fourth-order valence-corrected chi connectivity index (χ4v) is 3.36. The Bertz CT molecular complexity index is 557. The summed E-state index contributed by atoms with van der Waals surface area (Å²) in [7, 11) is 0. The zero-order valence-electron chi connectivity index (χ0n) is 10.8. The second-order valence-electron chi connectivity index (χ2n) is 4.69. The standard InChI is InChI=1S/C13H15BrClN3S/c1-8(2)5-12-17-18-13(19-12)16-7-9-3-4-10(15)6-11(9)14/h3-4,6,8H,5,7H2,1-2H3,(H,16,18). The second-order valence-corrected chi connectivity index (χ2v) is 7.04. The summed E-state index contributed by atoms with van der Waals surface area (Å²) < 4.78 is 0.999. The molecule has 1 N–H and O–H groups in total. The van der Waals surface area contributed by atoms with Gasteiger partial charge in [0.15, 0.2) is 0 Å². The number of rotatable bonds is 5. The molecule has 1 aromatic heterocycles. The summed E-state index contributed by atoms with van der Waals surface area (Å²) in [6, 6.07) is 5.77. The third kappa shape index (κ3) is 4.44. The first-order valence-corrected chi connectivity index (χ1v) is 8.03. The minimum Gasteiger partial charge on any atom is -0.356 e. The number of hydrogen-bond donors (Lipinski definition) is 1. The number of halogens is 2. The third-order valence-electron chi connectivity index (χ3n) is 2.49. The van der Waals surface area contributed by atoms with Gasteiger partial charge in [-0.05, 0) is 23.6 Å². The molecule has 0 spiro atoms. The molecule has 0 amide bonds. The lowest BCUT2D eigenvalue weighted by atomic mass is 10.1. The Labute approximate surface area is 130 Å². The average molecular weight is 361 g/mol. The van der Waals surface area contributed by atoms with E-state index in [2.05, 4.69) is 45.3 Å². The smallest absolute Gasteiger partial charge is 0.205 e. The normalized spacial score (nSPS) is 11.0. The minimum absolute atomic E-state index is 0.603. The van der Waals surface area contributed by atoms with Crippen LogP contribution in [0.5, 0.6) is 0 Å². The Morgan fingerprint density at radius 2 is 2.16 bits per heavy atom. The molecule has 0 radical (unpaired) electrons. The molecule has 0 saturated carbocycles. The van der Waals surface area contributed by atoms with Crippen molar-refractivity contribution in [3.8, 4) is 0 Å². The number of anilines is 1. The lowest BCUT2D eigenvalue weighted by Crippen LogP contribution is -1.99. The van der Waals surface area contributed by atoms with Crippen molar-refractivity contribution in [1.29, 1.82) is 0 Å². The highest BCUT2D eigenvalue weighted by Crippen LogP contribution is 2.24. The summed E-state index contributed by atoms with van der Waals surface area (Å²) in [4.78, 5) is 0. The fraction of sp³-hybridized carbons (Fsp3) is 0.385. The molecule has 2 aromatic rings. The highest BCUT2D eigenvalue weighted by molar-refractivity contribution is 9.10. The Morgan fingerprint density at radius 3 is 2.84 bits per heavy atom. The van der Waals surface area contributed by atoms with Crippen molar-refractivity contribution in [3.05, 3.63) is 38.3 Å². The lowest BCUT2D eigenvalue weighted by Gasteiger charge is -2.05. The summed E-state index contributed by atoms with van der Waals surface area (Å²) >= 11 is 11.0. The van der Waals surface area contributed by atoms with Gasteiger partial charge < -0.3 is 5.32 Å². The van der Waals surface area contributed by atoms with Gasteiger partial charge in [0, 0.05) is 22.5 Å². The Morgan fingerprint density at radius 1 is 1.37 bits per heavy atom. The van der Waals surface area contributed by atoms with Crippen LogP contribution in [0.1, 0.15) is 24.4 Å². The van der Waals surface area contributed by atoms with Crippen molar-refractivity contribution in [2.45, 2.75) is 26.8 Å². The molecule has 0 aliphatic rings. The number of hydrogen-bond acceptors (Lipinski definition) is 4. The maximum absolute atomic E-state index is 5.92. The van der Waals surface area contributed by atoms with Gasteiger partial charge in [-0.15, -0.1) is 10.2 Å². The van der Waals surface area contributed by atoms with Gasteiger partial charge in [-0.3, -0.25) is 0 Å². The van der Waals surface area contributed by atoms with E-state index >= 15 is 0 Å². The van der Waals surface area contributed by atoms with Crippen molar-refractivity contribution in [2.75, 3.05) is 5.32 Å². The van der Waals surface area contributed by atoms with Crippen molar-refractivity contribution in [1.82, 2.24) is 10.2 Å². The van der Waals surface area contributed by atoms with Crippen LogP contribution < -0.4 is 5.32 Å². The predicted molar refractivity (Wildman–Crippen MR) is 84.9 cm³/mol. The van der Waals surface area contributed by atoms with E-state index in [9.17, 15) is 0 Å². The number of nitrogens with zero attached hydrogens (tertiary/aromatic N) is 2. The van der Waals surface area contributed by atoms with Crippen LogP contribution in [0.15, 0.2) is 22.7 Å². The summed E-state index contributed by atoms with van der Waals surface area (Å²) in [6.45, 7) is 5.06. The molecule has 102 valence electrons. The average Bonchev–Trinajstić information content (AvgIpc) is 2.74. The lowest BCUT2D eigenvalue weighted by molar-refractivity contribution is 0.640. The van der Waals surface area contributed by atoms with Crippen LogP contribution in [0.2, 0.25) is 5.02 Å². The van der Waals surface area contributed by atoms with E-state index in [0.717, 1.165) is 31.6 Å². The topological polar surface area (TPSA) is 37.8 Å². The van der Waals surface area contributed by atoms with E-state index < -0.39 is 0 Å². The van der Waals surface area contributed by atoms with E-state index in [1.54, 1.807) is 11.3 Å². The van der Waals surface area contributed by atoms with Gasteiger partial charge in [0.05, 0.1) is 0 Å². The maximum atomic E-state index is 5.92. The van der Waals surface area contributed by atoms with Gasteiger partial charge in [-0.25, -0.2) is 0 Å². The molecule has 1 aromatic carbocycles. The van der Waals surface area contributed by atoms with Crippen LogP contribution >= 0.6 is 38.9 Å². The van der Waals surface area contributed by atoms with E-state index in [-0.39, 0.29) is 0 Å². The van der Waals surface area contributed by atoms with Gasteiger partial charge in [0.25, 0.3) is 0 Å².